The molecule has 0 amide bonds. The first-order chi connectivity index (χ1) is 17.6. The fourth-order valence-corrected chi connectivity index (χ4v) is 5.92. The van der Waals surface area contributed by atoms with Crippen molar-refractivity contribution < 1.29 is 13.5 Å². The fourth-order valence-electron chi connectivity index (χ4n) is 4.98. The Labute approximate surface area is 212 Å². The minimum absolute atomic E-state index is 0.0390. The minimum Gasteiger partial charge on any atom is -0.379 e. The first-order valence-corrected chi connectivity index (χ1v) is 13.4. The Hall–Kier alpha value is -2.54. The normalized spacial score (nSPS) is 20.2. The maximum Gasteiger partial charge on any atom is 0.263 e. The van der Waals surface area contributed by atoms with Gasteiger partial charge in [-0.2, -0.15) is 15.1 Å². The van der Waals surface area contributed by atoms with Gasteiger partial charge in [-0.1, -0.05) is 31.0 Å². The van der Waals surface area contributed by atoms with Crippen molar-refractivity contribution in [3.63, 3.8) is 0 Å². The van der Waals surface area contributed by atoms with E-state index in [1.165, 1.54) is 12.1 Å². The van der Waals surface area contributed by atoms with Gasteiger partial charge in [0.1, 0.15) is 5.82 Å². The second-order valence-electron chi connectivity index (χ2n) is 9.37. The van der Waals surface area contributed by atoms with Crippen LogP contribution in [0.25, 0.3) is 16.7 Å². The topological polar surface area (TPSA) is 74.6 Å². The number of halogens is 2. The number of nitrogens with one attached hydrogen (secondary N) is 1. The van der Waals surface area contributed by atoms with E-state index in [4.69, 9.17) is 14.7 Å². The van der Waals surface area contributed by atoms with Gasteiger partial charge in [0.05, 0.1) is 36.5 Å². The number of anilines is 2. The number of hydrogen-bond acceptors (Lipinski definition) is 9. The number of benzene rings is 1. The van der Waals surface area contributed by atoms with E-state index >= 15 is 0 Å². The number of rotatable bonds is 8. The quantitative estimate of drug-likeness (QED) is 0.455. The lowest BCUT2D eigenvalue weighted by atomic mass is 10.1. The van der Waals surface area contributed by atoms with E-state index in [1.54, 1.807) is 23.0 Å². The van der Waals surface area contributed by atoms with Crippen LogP contribution < -0.4 is 10.2 Å². The van der Waals surface area contributed by atoms with Crippen molar-refractivity contribution in [2.45, 2.75) is 25.4 Å². The van der Waals surface area contributed by atoms with E-state index in [0.717, 1.165) is 69.4 Å². The van der Waals surface area contributed by atoms with Crippen molar-refractivity contribution in [1.29, 1.82) is 0 Å². The van der Waals surface area contributed by atoms with Gasteiger partial charge in [-0.3, -0.25) is 4.90 Å². The standard InChI is InChI=1S/C24H30F2N8OS/c1-2-36-33-12-17(13-33)28-24-29-22(32-14-19(15-32)31-6-8-35-9-7-31)20-11-27-34(23(20)30-24)18-5-3-4-16(10-18)21(25)26/h3-5,10-11,17,19,21H,2,6-9,12-15H2,1H3,(H,28,29,30). The van der Waals surface area contributed by atoms with Gasteiger partial charge in [0.15, 0.2) is 5.65 Å². The molecular weight excluding hydrogens is 486 g/mol. The molecule has 0 bridgehead atoms. The molecule has 1 aromatic carbocycles. The van der Waals surface area contributed by atoms with Crippen molar-refractivity contribution in [2.24, 2.45) is 0 Å². The van der Waals surface area contributed by atoms with E-state index in [1.807, 2.05) is 11.9 Å². The molecule has 3 aromatic rings. The number of ether oxygens (including phenoxy) is 1. The molecule has 2 aromatic heterocycles. The monoisotopic (exact) mass is 516 g/mol. The van der Waals surface area contributed by atoms with E-state index in [9.17, 15) is 8.78 Å². The van der Waals surface area contributed by atoms with Crippen LogP contribution in [0.1, 0.15) is 18.9 Å². The Kier molecular flexibility index (Phi) is 6.67. The summed E-state index contributed by atoms with van der Waals surface area (Å²) in [5.74, 6) is 2.43. The van der Waals surface area contributed by atoms with Gasteiger partial charge < -0.3 is 15.0 Å². The van der Waals surface area contributed by atoms with Gasteiger partial charge in [-0.15, -0.1) is 0 Å². The molecule has 1 N–H and O–H groups in total. The second kappa shape index (κ2) is 10.1. The van der Waals surface area contributed by atoms with Gasteiger partial charge in [0.25, 0.3) is 6.43 Å². The van der Waals surface area contributed by atoms with Crippen molar-refractivity contribution in [1.82, 2.24) is 29.0 Å². The maximum atomic E-state index is 13.4. The summed E-state index contributed by atoms with van der Waals surface area (Å²) in [7, 11) is 0. The van der Waals surface area contributed by atoms with Crippen molar-refractivity contribution in [2.75, 3.05) is 68.5 Å². The van der Waals surface area contributed by atoms with Crippen LogP contribution in [0.4, 0.5) is 20.5 Å². The lowest BCUT2D eigenvalue weighted by molar-refractivity contribution is 0.0105. The van der Waals surface area contributed by atoms with E-state index in [0.29, 0.717) is 23.3 Å². The summed E-state index contributed by atoms with van der Waals surface area (Å²) in [6, 6.07) is 7.04. The lowest BCUT2D eigenvalue weighted by Gasteiger charge is -2.47. The molecule has 9 nitrogen and oxygen atoms in total. The molecule has 5 heterocycles. The second-order valence-corrected chi connectivity index (χ2v) is 10.7. The number of fused-ring (bicyclic) bond motifs is 1. The summed E-state index contributed by atoms with van der Waals surface area (Å²) in [5.41, 5.74) is 1.13. The average molecular weight is 517 g/mol. The summed E-state index contributed by atoms with van der Waals surface area (Å²) in [5, 5.41) is 8.85. The zero-order valence-electron chi connectivity index (χ0n) is 20.2. The molecule has 0 aliphatic carbocycles. The lowest BCUT2D eigenvalue weighted by Crippen LogP contribution is -2.61. The Morgan fingerprint density at radius 1 is 1.14 bits per heavy atom. The molecule has 36 heavy (non-hydrogen) atoms. The highest BCUT2D eigenvalue weighted by Crippen LogP contribution is 2.32. The van der Waals surface area contributed by atoms with Crippen LogP contribution in [-0.4, -0.2) is 99.3 Å². The molecule has 192 valence electrons. The minimum atomic E-state index is -2.55. The summed E-state index contributed by atoms with van der Waals surface area (Å²) in [6.45, 7) is 9.22. The zero-order chi connectivity index (χ0) is 24.6. The number of nitrogens with zero attached hydrogens (tertiary/aromatic N) is 7. The third-order valence-electron chi connectivity index (χ3n) is 6.99. The first kappa shape index (κ1) is 23.8. The smallest absolute Gasteiger partial charge is 0.263 e. The number of aromatic nitrogens is 4. The number of alkyl halides is 2. The van der Waals surface area contributed by atoms with Crippen LogP contribution in [0, 0.1) is 0 Å². The highest BCUT2D eigenvalue weighted by atomic mass is 32.2. The van der Waals surface area contributed by atoms with Gasteiger partial charge in [0.2, 0.25) is 5.95 Å². The van der Waals surface area contributed by atoms with E-state index in [-0.39, 0.29) is 11.6 Å². The highest BCUT2D eigenvalue weighted by Gasteiger charge is 2.35. The molecule has 0 unspecified atom stereocenters. The Balaban J connectivity index is 1.30. The van der Waals surface area contributed by atoms with Gasteiger partial charge >= 0.3 is 0 Å². The molecule has 12 heteroatoms. The molecule has 0 atom stereocenters. The van der Waals surface area contributed by atoms with Crippen LogP contribution >= 0.6 is 11.9 Å². The summed E-state index contributed by atoms with van der Waals surface area (Å²) in [4.78, 5) is 14.4. The Morgan fingerprint density at radius 2 is 1.94 bits per heavy atom. The maximum absolute atomic E-state index is 13.4. The fraction of sp³-hybridized carbons (Fsp3) is 0.542. The zero-order valence-corrected chi connectivity index (χ0v) is 21.0. The highest BCUT2D eigenvalue weighted by molar-refractivity contribution is 7.97. The molecule has 3 aliphatic rings. The molecule has 6 rings (SSSR count). The predicted molar refractivity (Wildman–Crippen MR) is 137 cm³/mol. The Bertz CT molecular complexity index is 1210. The number of hydrogen-bond donors (Lipinski definition) is 1. The van der Waals surface area contributed by atoms with Crippen molar-refractivity contribution in [3.8, 4) is 5.69 Å². The first-order valence-electron chi connectivity index (χ1n) is 12.4. The largest absolute Gasteiger partial charge is 0.379 e. The molecular formula is C24H30F2N8OS. The average Bonchev–Trinajstić information content (AvgIpc) is 3.27. The summed E-state index contributed by atoms with van der Waals surface area (Å²) >= 11 is 1.83. The van der Waals surface area contributed by atoms with E-state index in [2.05, 4.69) is 31.4 Å². The molecule has 0 radical (unpaired) electrons. The SMILES string of the molecule is CCSN1CC(Nc2nc(N3CC(N4CCOCC4)C3)c3cnn(-c4cccc(C(F)F)c4)c3n2)C1. The van der Waals surface area contributed by atoms with Crippen molar-refractivity contribution >= 4 is 34.7 Å². The molecule has 3 fully saturated rings. The van der Waals surface area contributed by atoms with Gasteiger partial charge in [-0.25, -0.2) is 17.8 Å². The molecule has 0 spiro atoms. The van der Waals surface area contributed by atoms with Crippen molar-refractivity contribution in [3.05, 3.63) is 36.0 Å². The Morgan fingerprint density at radius 3 is 2.69 bits per heavy atom. The molecule has 3 aliphatic heterocycles. The molecule has 3 saturated heterocycles. The number of morpholine rings is 1. The van der Waals surface area contributed by atoms with E-state index < -0.39 is 6.43 Å². The van der Waals surface area contributed by atoms with Crippen LogP contribution in [0.15, 0.2) is 30.5 Å². The van der Waals surface area contributed by atoms with Crippen LogP contribution in [-0.2, 0) is 4.74 Å². The van der Waals surface area contributed by atoms with Crippen LogP contribution in [0.5, 0.6) is 0 Å². The van der Waals surface area contributed by atoms with Gasteiger partial charge in [-0.05, 0) is 12.1 Å². The third-order valence-corrected chi connectivity index (χ3v) is 7.91. The van der Waals surface area contributed by atoms with Crippen LogP contribution in [0.3, 0.4) is 0 Å². The van der Waals surface area contributed by atoms with Crippen LogP contribution in [0.2, 0.25) is 0 Å². The van der Waals surface area contributed by atoms with Gasteiger partial charge in [0, 0.05) is 56.6 Å². The summed E-state index contributed by atoms with van der Waals surface area (Å²) < 4.78 is 36.2. The molecule has 0 saturated carbocycles. The third kappa shape index (κ3) is 4.62. The predicted octanol–water partition coefficient (Wildman–Crippen LogP) is 3.04. The summed E-state index contributed by atoms with van der Waals surface area (Å²) in [6.07, 6.45) is -0.802.